The molecular weight excluding hydrogens is 374 g/mol. The minimum Gasteiger partial charge on any atom is -0.343 e. The highest BCUT2D eigenvalue weighted by molar-refractivity contribution is 5.94. The van der Waals surface area contributed by atoms with E-state index in [2.05, 4.69) is 15.4 Å². The lowest BCUT2D eigenvalue weighted by atomic mass is 10.1. The van der Waals surface area contributed by atoms with E-state index in [1.807, 2.05) is 32.0 Å². The van der Waals surface area contributed by atoms with Crippen molar-refractivity contribution in [2.24, 2.45) is 5.92 Å². The maximum Gasteiger partial charge on any atom is 0.272 e. The number of halogens is 2. The fourth-order valence-electron chi connectivity index (χ4n) is 4.28. The molecule has 29 heavy (non-hydrogen) atoms. The second kappa shape index (κ2) is 6.47. The molecule has 0 radical (unpaired) electrons. The van der Waals surface area contributed by atoms with Crippen LogP contribution in [-0.2, 0) is 6.42 Å². The van der Waals surface area contributed by atoms with Crippen LogP contribution in [-0.4, -0.2) is 20.7 Å². The number of hydrogen-bond acceptors (Lipinski definition) is 3. The number of rotatable bonds is 4. The van der Waals surface area contributed by atoms with Crippen molar-refractivity contribution in [2.45, 2.75) is 38.6 Å². The van der Waals surface area contributed by atoms with E-state index in [0.29, 0.717) is 17.5 Å². The molecule has 148 valence electrons. The molecule has 7 heteroatoms. The van der Waals surface area contributed by atoms with Gasteiger partial charge < -0.3 is 5.32 Å². The predicted molar refractivity (Wildman–Crippen MR) is 103 cm³/mol. The third kappa shape index (κ3) is 3.01. The van der Waals surface area contributed by atoms with E-state index in [9.17, 15) is 13.6 Å². The van der Waals surface area contributed by atoms with Gasteiger partial charge in [-0.25, -0.2) is 13.5 Å². The first kappa shape index (κ1) is 18.0. The van der Waals surface area contributed by atoms with Crippen molar-refractivity contribution in [2.75, 3.05) is 0 Å². The van der Waals surface area contributed by atoms with Gasteiger partial charge in [-0.05, 0) is 56.9 Å². The summed E-state index contributed by atoms with van der Waals surface area (Å²) < 4.78 is 29.3. The summed E-state index contributed by atoms with van der Waals surface area (Å²) in [7, 11) is 0. The molecule has 1 saturated carbocycles. The van der Waals surface area contributed by atoms with Gasteiger partial charge >= 0.3 is 0 Å². The van der Waals surface area contributed by atoms with Crippen molar-refractivity contribution in [1.29, 1.82) is 0 Å². The Morgan fingerprint density at radius 2 is 2.10 bits per heavy atom. The summed E-state index contributed by atoms with van der Waals surface area (Å²) in [5.74, 6) is -0.861. The van der Waals surface area contributed by atoms with Crippen molar-refractivity contribution in [3.05, 3.63) is 76.4 Å². The highest BCUT2D eigenvalue weighted by atomic mass is 19.1. The van der Waals surface area contributed by atoms with E-state index in [1.54, 1.807) is 0 Å². The molecule has 1 amide bonds. The lowest BCUT2D eigenvalue weighted by Crippen LogP contribution is -2.28. The number of carbonyl (C=O) groups excluding carboxylic acids is 1. The average molecular weight is 394 g/mol. The number of benzene rings is 1. The summed E-state index contributed by atoms with van der Waals surface area (Å²) in [5, 5.41) is 7.41. The number of hydrogen-bond donors (Lipinski definition) is 1. The molecule has 3 atom stereocenters. The fourth-order valence-corrected chi connectivity index (χ4v) is 4.28. The number of aryl methyl sites for hydroxylation is 1. The van der Waals surface area contributed by atoms with Crippen LogP contribution in [0.3, 0.4) is 0 Å². The third-order valence-corrected chi connectivity index (χ3v) is 5.82. The lowest BCUT2D eigenvalue weighted by Gasteiger charge is -2.13. The van der Waals surface area contributed by atoms with E-state index in [0.717, 1.165) is 41.6 Å². The van der Waals surface area contributed by atoms with Crippen LogP contribution in [0.1, 0.15) is 58.4 Å². The predicted octanol–water partition coefficient (Wildman–Crippen LogP) is 4.00. The largest absolute Gasteiger partial charge is 0.343 e. The normalized spacial score (nSPS) is 20.1. The zero-order valence-corrected chi connectivity index (χ0v) is 16.1. The Labute approximate surface area is 166 Å². The number of amides is 1. The highest BCUT2D eigenvalue weighted by Gasteiger charge is 2.50. The summed E-state index contributed by atoms with van der Waals surface area (Å²) in [5.41, 5.74) is 3.88. The molecule has 1 N–H and O–H groups in total. The molecule has 0 spiro atoms. The van der Waals surface area contributed by atoms with Crippen LogP contribution in [0, 0.1) is 24.5 Å². The van der Waals surface area contributed by atoms with E-state index in [4.69, 9.17) is 0 Å². The summed E-state index contributed by atoms with van der Waals surface area (Å²) in [6, 6.07) is 8.79. The number of carbonyl (C=O) groups is 1. The maximum absolute atomic E-state index is 14.4. The molecule has 1 unspecified atom stereocenters. The monoisotopic (exact) mass is 394 g/mol. The summed E-state index contributed by atoms with van der Waals surface area (Å²) in [4.78, 5) is 17.5. The fraction of sp³-hybridized carbons (Fsp3) is 0.318. The Bertz CT molecular complexity index is 1140. The van der Waals surface area contributed by atoms with Crippen molar-refractivity contribution in [3.63, 3.8) is 0 Å². The van der Waals surface area contributed by atoms with Gasteiger partial charge in [0.2, 0.25) is 0 Å². The first-order valence-corrected chi connectivity index (χ1v) is 9.74. The Hall–Kier alpha value is -3.09. The van der Waals surface area contributed by atoms with Gasteiger partial charge in [0.25, 0.3) is 5.91 Å². The smallest absolute Gasteiger partial charge is 0.272 e. The number of pyridine rings is 1. The van der Waals surface area contributed by atoms with Crippen LogP contribution in [0.2, 0.25) is 0 Å². The molecule has 1 fully saturated rings. The molecule has 5 rings (SSSR count). The lowest BCUT2D eigenvalue weighted by molar-refractivity contribution is 0.0932. The van der Waals surface area contributed by atoms with E-state index in [1.165, 1.54) is 16.8 Å². The minimum absolute atomic E-state index is 0.169. The van der Waals surface area contributed by atoms with E-state index >= 15 is 0 Å². The molecular formula is C22H20F2N4O. The van der Waals surface area contributed by atoms with Crippen LogP contribution in [0.4, 0.5) is 8.78 Å². The van der Waals surface area contributed by atoms with Gasteiger partial charge in [-0.3, -0.25) is 9.78 Å². The second-order valence-corrected chi connectivity index (χ2v) is 7.93. The zero-order valence-electron chi connectivity index (χ0n) is 16.1. The maximum atomic E-state index is 14.4. The van der Waals surface area contributed by atoms with Crippen LogP contribution in [0.15, 0.2) is 36.4 Å². The number of fused-ring (bicyclic) bond motifs is 3. The second-order valence-electron chi connectivity index (χ2n) is 7.93. The third-order valence-electron chi connectivity index (χ3n) is 5.82. The topological polar surface area (TPSA) is 59.8 Å². The Morgan fingerprint density at radius 1 is 1.28 bits per heavy atom. The zero-order chi connectivity index (χ0) is 20.3. The molecule has 2 aromatic heterocycles. The molecule has 2 aliphatic rings. The van der Waals surface area contributed by atoms with Crippen molar-refractivity contribution in [3.8, 4) is 5.69 Å². The van der Waals surface area contributed by atoms with E-state index in [-0.39, 0.29) is 17.6 Å². The molecule has 2 heterocycles. The van der Waals surface area contributed by atoms with Crippen LogP contribution in [0.5, 0.6) is 0 Å². The summed E-state index contributed by atoms with van der Waals surface area (Å²) in [6.45, 7) is 3.77. The molecule has 0 aliphatic heterocycles. The van der Waals surface area contributed by atoms with Gasteiger partial charge in [0.05, 0.1) is 17.4 Å². The Balaban J connectivity index is 1.50. The summed E-state index contributed by atoms with van der Waals surface area (Å²) in [6.07, 6.45) is 1.79. The van der Waals surface area contributed by atoms with Gasteiger partial charge in [0, 0.05) is 23.2 Å². The standard InChI is InChI=1S/C22H20F2N4O/c1-11-4-3-5-18(25-11)12(2)26-22(29)20-16-9-13-8-15(13)21(16)28(27-20)19-7-6-14(23)10-17(19)24/h3-7,10,12-13,15H,8-9H2,1-2H3,(H,26,29)/t12?,13-,15-/m1/s1. The minimum atomic E-state index is -0.691. The summed E-state index contributed by atoms with van der Waals surface area (Å²) >= 11 is 0. The number of nitrogens with one attached hydrogen (secondary N) is 1. The Kier molecular flexibility index (Phi) is 4.01. The van der Waals surface area contributed by atoms with E-state index < -0.39 is 11.6 Å². The highest BCUT2D eigenvalue weighted by Crippen LogP contribution is 2.57. The number of nitrogens with zero attached hydrogens (tertiary/aromatic N) is 3. The molecule has 1 aromatic carbocycles. The van der Waals surface area contributed by atoms with Gasteiger partial charge in [-0.1, -0.05) is 6.07 Å². The van der Waals surface area contributed by atoms with Crippen LogP contribution >= 0.6 is 0 Å². The molecule has 0 saturated heterocycles. The van der Waals surface area contributed by atoms with Gasteiger partial charge in [0.1, 0.15) is 11.5 Å². The van der Waals surface area contributed by atoms with Gasteiger partial charge in [-0.2, -0.15) is 5.10 Å². The SMILES string of the molecule is Cc1cccc(C(C)NC(=O)c2nn(-c3ccc(F)cc3F)c3c2C[C@H]2C[C@@H]32)n1. The van der Waals surface area contributed by atoms with Crippen molar-refractivity contribution in [1.82, 2.24) is 20.1 Å². The first-order chi connectivity index (χ1) is 13.9. The molecule has 5 nitrogen and oxygen atoms in total. The van der Waals surface area contributed by atoms with Crippen molar-refractivity contribution >= 4 is 5.91 Å². The van der Waals surface area contributed by atoms with Crippen LogP contribution in [0.25, 0.3) is 5.69 Å². The average Bonchev–Trinajstić information content (AvgIpc) is 3.18. The molecule has 2 aliphatic carbocycles. The molecule has 3 aromatic rings. The van der Waals surface area contributed by atoms with Gasteiger partial charge in [-0.15, -0.1) is 0 Å². The van der Waals surface area contributed by atoms with Crippen LogP contribution < -0.4 is 5.32 Å². The van der Waals surface area contributed by atoms with Crippen molar-refractivity contribution < 1.29 is 13.6 Å². The molecule has 0 bridgehead atoms. The number of aromatic nitrogens is 3. The first-order valence-electron chi connectivity index (χ1n) is 9.74. The Morgan fingerprint density at radius 3 is 2.86 bits per heavy atom. The van der Waals surface area contributed by atoms with Gasteiger partial charge in [0.15, 0.2) is 11.5 Å². The quantitative estimate of drug-likeness (QED) is 0.728.